The molecule has 8 heteroatoms. The summed E-state index contributed by atoms with van der Waals surface area (Å²) >= 11 is 0. The van der Waals surface area contributed by atoms with E-state index >= 15 is 0 Å². The molecule has 0 aliphatic carbocycles. The number of aryl methyl sites for hydroxylation is 1. The lowest BCUT2D eigenvalue weighted by Gasteiger charge is -2.17. The van der Waals surface area contributed by atoms with E-state index in [-0.39, 0.29) is 23.9 Å². The van der Waals surface area contributed by atoms with E-state index in [1.807, 2.05) is 89.0 Å². The number of allylic oxidation sites excluding steroid dienone is 5. The van der Waals surface area contributed by atoms with Crippen molar-refractivity contribution in [1.82, 2.24) is 19.4 Å². The Morgan fingerprint density at radius 2 is 1.77 bits per heavy atom. The SMILES string of the molecule is CCC.C\C=C/C=C\C=C\COc1ccc(-c2c(C(C)CCCC)c3ccc(C(=O)O)cc3n2CC(=O)NCCCn2ccnc2)cc1. The Bertz CT molecular complexity index is 1650. The van der Waals surface area contributed by atoms with Crippen LogP contribution in [0.5, 0.6) is 5.75 Å². The lowest BCUT2D eigenvalue weighted by atomic mass is 9.90. The van der Waals surface area contributed by atoms with Crippen LogP contribution in [0.2, 0.25) is 0 Å². The third-order valence-corrected chi connectivity index (χ3v) is 7.75. The minimum absolute atomic E-state index is 0.0737. The first kappa shape index (κ1) is 37.6. The molecule has 2 aromatic heterocycles. The monoisotopic (exact) mass is 652 g/mol. The van der Waals surface area contributed by atoms with Gasteiger partial charge in [0.1, 0.15) is 18.9 Å². The number of ether oxygens (including phenoxy) is 1. The Balaban J connectivity index is 0.00000201. The highest BCUT2D eigenvalue weighted by Crippen LogP contribution is 2.41. The van der Waals surface area contributed by atoms with Crippen LogP contribution in [0.3, 0.4) is 0 Å². The second-order valence-corrected chi connectivity index (χ2v) is 11.8. The van der Waals surface area contributed by atoms with Crippen LogP contribution >= 0.6 is 0 Å². The van der Waals surface area contributed by atoms with Crippen LogP contribution in [-0.2, 0) is 17.9 Å². The Morgan fingerprint density at radius 1 is 1.02 bits per heavy atom. The number of nitrogens with zero attached hydrogens (tertiary/aromatic N) is 3. The molecule has 2 aromatic carbocycles. The number of aromatic nitrogens is 3. The highest BCUT2D eigenvalue weighted by Gasteiger charge is 2.24. The van der Waals surface area contributed by atoms with Gasteiger partial charge in [-0.05, 0) is 79.3 Å². The summed E-state index contributed by atoms with van der Waals surface area (Å²) in [5.41, 5.74) is 3.96. The summed E-state index contributed by atoms with van der Waals surface area (Å²) in [4.78, 5) is 29.4. The summed E-state index contributed by atoms with van der Waals surface area (Å²) in [6.45, 7) is 12.4. The number of nitrogens with one attached hydrogen (secondary N) is 1. The molecular formula is C40H52N4O4. The summed E-state index contributed by atoms with van der Waals surface area (Å²) < 4.78 is 9.90. The molecule has 2 heterocycles. The highest BCUT2D eigenvalue weighted by atomic mass is 16.5. The number of fused-ring (bicyclic) bond motifs is 1. The molecule has 4 aromatic rings. The molecule has 0 saturated heterocycles. The van der Waals surface area contributed by atoms with E-state index in [2.05, 4.69) is 38.0 Å². The van der Waals surface area contributed by atoms with E-state index in [0.29, 0.717) is 13.2 Å². The van der Waals surface area contributed by atoms with E-state index in [9.17, 15) is 14.7 Å². The zero-order valence-electron chi connectivity index (χ0n) is 29.2. The van der Waals surface area contributed by atoms with Crippen LogP contribution in [0.25, 0.3) is 22.2 Å². The Kier molecular flexibility index (Phi) is 16.0. The number of imidazole rings is 1. The number of aromatic carboxylic acids is 1. The van der Waals surface area contributed by atoms with Gasteiger partial charge in [-0.2, -0.15) is 0 Å². The largest absolute Gasteiger partial charge is 0.490 e. The number of hydrogen-bond acceptors (Lipinski definition) is 4. The predicted octanol–water partition coefficient (Wildman–Crippen LogP) is 9.19. The quantitative estimate of drug-likeness (QED) is 0.0876. The van der Waals surface area contributed by atoms with E-state index in [0.717, 1.165) is 65.7 Å². The molecule has 1 unspecified atom stereocenters. The van der Waals surface area contributed by atoms with Gasteiger partial charge in [0.2, 0.25) is 5.91 Å². The first-order valence-electron chi connectivity index (χ1n) is 17.1. The molecule has 48 heavy (non-hydrogen) atoms. The standard InChI is InChI=1S/C37H44N4O4.C3H8/c1-4-6-8-9-10-11-24-45-31-17-14-29(15-18-31)36-35(28(3)13-7-5-2)32-19-16-30(37(43)44)25-33(32)41(36)26-34(42)39-20-12-22-40-23-21-38-27-40;1-3-2/h4,6,8-11,14-19,21,23,25,27-28H,5,7,12-13,20,22,24,26H2,1-3H3,(H,39,42)(H,43,44);3H2,1-2H3/b6-4-,9-8-,11-10+;. The number of unbranched alkanes of at least 4 members (excludes halogenated alkanes) is 1. The molecule has 2 N–H and O–H groups in total. The van der Waals surface area contributed by atoms with Crippen molar-refractivity contribution in [2.75, 3.05) is 13.2 Å². The molecule has 4 rings (SSSR count). The first-order chi connectivity index (χ1) is 23.3. The van der Waals surface area contributed by atoms with Crippen LogP contribution in [0.1, 0.15) is 88.6 Å². The maximum atomic E-state index is 13.4. The first-order valence-corrected chi connectivity index (χ1v) is 17.1. The van der Waals surface area contributed by atoms with Gasteiger partial charge in [-0.25, -0.2) is 9.78 Å². The zero-order valence-corrected chi connectivity index (χ0v) is 29.2. The van der Waals surface area contributed by atoms with E-state index in [1.54, 1.807) is 24.7 Å². The number of carbonyl (C=O) groups excluding carboxylic acids is 1. The van der Waals surface area contributed by atoms with Crippen molar-refractivity contribution in [3.8, 4) is 17.0 Å². The van der Waals surface area contributed by atoms with Crippen molar-refractivity contribution in [3.05, 3.63) is 109 Å². The van der Waals surface area contributed by atoms with Crippen molar-refractivity contribution in [2.45, 2.75) is 85.7 Å². The molecule has 256 valence electrons. The van der Waals surface area contributed by atoms with Crippen molar-refractivity contribution in [1.29, 1.82) is 0 Å². The van der Waals surface area contributed by atoms with Crippen molar-refractivity contribution < 1.29 is 19.4 Å². The van der Waals surface area contributed by atoms with Gasteiger partial charge in [0.05, 0.1) is 23.1 Å². The Hall–Kier alpha value is -4.85. The molecule has 0 fully saturated rings. The van der Waals surface area contributed by atoms with Crippen molar-refractivity contribution in [3.63, 3.8) is 0 Å². The van der Waals surface area contributed by atoms with Gasteiger partial charge in [0, 0.05) is 30.9 Å². The number of carboxylic acids is 1. The molecule has 0 radical (unpaired) electrons. The molecule has 0 spiro atoms. The fraction of sp³-hybridized carbons (Fsp3) is 0.375. The average molecular weight is 653 g/mol. The minimum atomic E-state index is -0.997. The lowest BCUT2D eigenvalue weighted by molar-refractivity contribution is -0.121. The van der Waals surface area contributed by atoms with E-state index in [4.69, 9.17) is 4.74 Å². The van der Waals surface area contributed by atoms with Crippen molar-refractivity contribution in [2.24, 2.45) is 0 Å². The van der Waals surface area contributed by atoms with Gasteiger partial charge >= 0.3 is 5.97 Å². The normalized spacial score (nSPS) is 12.1. The van der Waals surface area contributed by atoms with Gasteiger partial charge in [0.15, 0.2) is 0 Å². The minimum Gasteiger partial charge on any atom is -0.490 e. The fourth-order valence-corrected chi connectivity index (χ4v) is 5.47. The van der Waals surface area contributed by atoms with E-state index < -0.39 is 5.97 Å². The molecule has 0 aliphatic rings. The number of amides is 1. The summed E-state index contributed by atoms with van der Waals surface area (Å²) in [5.74, 6) is -0.173. The molecule has 1 amide bonds. The third kappa shape index (κ3) is 11.1. The third-order valence-electron chi connectivity index (χ3n) is 7.75. The number of benzene rings is 2. The van der Waals surface area contributed by atoms with Crippen LogP contribution in [0, 0.1) is 0 Å². The molecule has 0 aliphatic heterocycles. The molecule has 0 bridgehead atoms. The second-order valence-electron chi connectivity index (χ2n) is 11.8. The number of carboxylic acid groups (broad SMARTS) is 1. The molecule has 0 saturated carbocycles. The van der Waals surface area contributed by atoms with E-state index in [1.165, 1.54) is 6.42 Å². The molecule has 8 nitrogen and oxygen atoms in total. The number of hydrogen-bond donors (Lipinski definition) is 2. The summed E-state index contributed by atoms with van der Waals surface area (Å²) in [6, 6.07) is 13.2. The second kappa shape index (κ2) is 20.4. The fourth-order valence-electron chi connectivity index (χ4n) is 5.47. The van der Waals surface area contributed by atoms with Gasteiger partial charge in [-0.1, -0.05) is 83.4 Å². The maximum Gasteiger partial charge on any atom is 0.335 e. The van der Waals surface area contributed by atoms with Gasteiger partial charge in [0.25, 0.3) is 0 Å². The smallest absolute Gasteiger partial charge is 0.335 e. The molecule has 1 atom stereocenters. The highest BCUT2D eigenvalue weighted by molar-refractivity contribution is 5.99. The number of rotatable bonds is 17. The average Bonchev–Trinajstić information content (AvgIpc) is 3.72. The van der Waals surface area contributed by atoms with Crippen LogP contribution < -0.4 is 10.1 Å². The van der Waals surface area contributed by atoms with Crippen molar-refractivity contribution >= 4 is 22.8 Å². The maximum absolute atomic E-state index is 13.4. The summed E-state index contributed by atoms with van der Waals surface area (Å²) in [5, 5.41) is 13.8. The van der Waals surface area contributed by atoms with Crippen LogP contribution in [0.15, 0.2) is 97.6 Å². The van der Waals surface area contributed by atoms with Crippen LogP contribution in [0.4, 0.5) is 0 Å². The topological polar surface area (TPSA) is 98.4 Å². The predicted molar refractivity (Wildman–Crippen MR) is 197 cm³/mol. The number of carbonyl (C=O) groups is 2. The summed E-state index contributed by atoms with van der Waals surface area (Å²) in [7, 11) is 0. The summed E-state index contributed by atoms with van der Waals surface area (Å²) in [6.07, 6.45) is 22.3. The lowest BCUT2D eigenvalue weighted by Crippen LogP contribution is -2.29. The van der Waals surface area contributed by atoms with Gasteiger partial charge in [-0.15, -0.1) is 0 Å². The molecular weight excluding hydrogens is 600 g/mol. The van der Waals surface area contributed by atoms with Gasteiger partial charge < -0.3 is 24.3 Å². The van der Waals surface area contributed by atoms with Crippen LogP contribution in [-0.4, -0.2) is 44.3 Å². The van der Waals surface area contributed by atoms with Gasteiger partial charge in [-0.3, -0.25) is 4.79 Å². The Morgan fingerprint density at radius 3 is 2.44 bits per heavy atom. The Labute approximate surface area is 285 Å². The zero-order chi connectivity index (χ0) is 34.7.